The van der Waals surface area contributed by atoms with Gasteiger partial charge in [0.2, 0.25) is 0 Å². The Morgan fingerprint density at radius 3 is 2.75 bits per heavy atom. The average molecular weight is 369 g/mol. The highest BCUT2D eigenvalue weighted by atomic mass is 16.5. The Labute approximate surface area is 160 Å². The number of nitrogens with one attached hydrogen (secondary N) is 1. The van der Waals surface area contributed by atoms with Gasteiger partial charge in [-0.3, -0.25) is 4.79 Å². The van der Waals surface area contributed by atoms with E-state index in [0.29, 0.717) is 22.6 Å². The molecule has 6 nitrogen and oxygen atoms in total. The number of carbonyl (C=O) groups is 1. The highest BCUT2D eigenvalue weighted by molar-refractivity contribution is 6.02. The predicted octanol–water partition coefficient (Wildman–Crippen LogP) is 4.31. The van der Waals surface area contributed by atoms with E-state index in [-0.39, 0.29) is 12.1 Å². The Bertz CT molecular complexity index is 1180. The SMILES string of the molecule is N#CC(=Cc1ccc2noc(-c3ccccc3)c2c1)C(=O)NCc1ccco1. The van der Waals surface area contributed by atoms with E-state index in [2.05, 4.69) is 10.5 Å². The maximum atomic E-state index is 12.3. The number of nitriles is 1. The van der Waals surface area contributed by atoms with Crippen molar-refractivity contribution in [2.24, 2.45) is 0 Å². The molecule has 0 atom stereocenters. The van der Waals surface area contributed by atoms with Crippen molar-refractivity contribution in [1.29, 1.82) is 5.26 Å². The second kappa shape index (κ2) is 7.64. The van der Waals surface area contributed by atoms with Gasteiger partial charge < -0.3 is 14.3 Å². The molecule has 0 aliphatic rings. The van der Waals surface area contributed by atoms with Crippen molar-refractivity contribution in [1.82, 2.24) is 10.5 Å². The molecule has 1 amide bonds. The Morgan fingerprint density at radius 2 is 2.00 bits per heavy atom. The fourth-order valence-electron chi connectivity index (χ4n) is 2.84. The molecule has 0 radical (unpaired) electrons. The van der Waals surface area contributed by atoms with Gasteiger partial charge >= 0.3 is 0 Å². The van der Waals surface area contributed by atoms with Crippen molar-refractivity contribution >= 4 is 22.9 Å². The van der Waals surface area contributed by atoms with Gasteiger partial charge in [-0.1, -0.05) is 41.6 Å². The quantitative estimate of drug-likeness (QED) is 0.418. The molecule has 0 saturated carbocycles. The van der Waals surface area contributed by atoms with Gasteiger partial charge in [-0.05, 0) is 35.9 Å². The molecule has 4 aromatic rings. The van der Waals surface area contributed by atoms with E-state index in [1.807, 2.05) is 42.5 Å². The van der Waals surface area contributed by atoms with Crippen LogP contribution in [0.5, 0.6) is 0 Å². The molecule has 2 aromatic heterocycles. The van der Waals surface area contributed by atoms with Crippen LogP contribution < -0.4 is 5.32 Å². The van der Waals surface area contributed by atoms with Crippen LogP contribution >= 0.6 is 0 Å². The van der Waals surface area contributed by atoms with E-state index >= 15 is 0 Å². The molecule has 0 fully saturated rings. The summed E-state index contributed by atoms with van der Waals surface area (Å²) in [5.41, 5.74) is 2.32. The standard InChI is InChI=1S/C22H15N3O3/c23-13-17(22(26)24-14-18-7-4-10-27-18)11-15-8-9-20-19(12-15)21(28-25-20)16-5-2-1-3-6-16/h1-12H,14H2,(H,24,26). The highest BCUT2D eigenvalue weighted by Gasteiger charge is 2.13. The van der Waals surface area contributed by atoms with Crippen LogP contribution in [-0.2, 0) is 11.3 Å². The van der Waals surface area contributed by atoms with Crippen LogP contribution in [0.4, 0.5) is 0 Å². The molecule has 0 unspecified atom stereocenters. The number of amides is 1. The summed E-state index contributed by atoms with van der Waals surface area (Å²) in [4.78, 5) is 12.3. The van der Waals surface area contributed by atoms with E-state index in [4.69, 9.17) is 8.94 Å². The van der Waals surface area contributed by atoms with Crippen molar-refractivity contribution in [2.75, 3.05) is 0 Å². The summed E-state index contributed by atoms with van der Waals surface area (Å²) in [6, 6.07) is 20.5. The Balaban J connectivity index is 1.62. The maximum absolute atomic E-state index is 12.3. The summed E-state index contributed by atoms with van der Waals surface area (Å²) in [5.74, 6) is 0.795. The van der Waals surface area contributed by atoms with Gasteiger partial charge in [0.15, 0.2) is 5.76 Å². The molecule has 0 aliphatic carbocycles. The number of fused-ring (bicyclic) bond motifs is 1. The molecule has 4 rings (SSSR count). The van der Waals surface area contributed by atoms with Gasteiger partial charge in [0.25, 0.3) is 5.91 Å². The summed E-state index contributed by atoms with van der Waals surface area (Å²) in [6.45, 7) is 0.216. The molecule has 136 valence electrons. The monoisotopic (exact) mass is 369 g/mol. The number of hydrogen-bond acceptors (Lipinski definition) is 5. The largest absolute Gasteiger partial charge is 0.467 e. The van der Waals surface area contributed by atoms with Gasteiger partial charge in [-0.2, -0.15) is 5.26 Å². The number of carbonyl (C=O) groups excluding carboxylic acids is 1. The highest BCUT2D eigenvalue weighted by Crippen LogP contribution is 2.29. The predicted molar refractivity (Wildman–Crippen MR) is 104 cm³/mol. The average Bonchev–Trinajstić information content (AvgIpc) is 3.40. The lowest BCUT2D eigenvalue weighted by atomic mass is 10.0. The first-order valence-corrected chi connectivity index (χ1v) is 8.62. The Morgan fingerprint density at radius 1 is 1.14 bits per heavy atom. The molecule has 2 aromatic carbocycles. The van der Waals surface area contributed by atoms with Crippen LogP contribution in [0, 0.1) is 11.3 Å². The van der Waals surface area contributed by atoms with Crippen molar-refractivity contribution in [3.8, 4) is 17.4 Å². The van der Waals surface area contributed by atoms with Gasteiger partial charge in [-0.15, -0.1) is 0 Å². The molecule has 0 bridgehead atoms. The summed E-state index contributed by atoms with van der Waals surface area (Å²) in [7, 11) is 0. The topological polar surface area (TPSA) is 92.1 Å². The van der Waals surface area contributed by atoms with Crippen molar-refractivity contribution < 1.29 is 13.7 Å². The molecular weight excluding hydrogens is 354 g/mol. The molecule has 0 saturated heterocycles. The minimum Gasteiger partial charge on any atom is -0.467 e. The van der Waals surface area contributed by atoms with Crippen molar-refractivity contribution in [3.63, 3.8) is 0 Å². The maximum Gasteiger partial charge on any atom is 0.262 e. The number of aromatic nitrogens is 1. The molecule has 0 spiro atoms. The Kier molecular flexibility index (Phi) is 4.72. The minimum absolute atomic E-state index is 0.00335. The molecular formula is C22H15N3O3. The van der Waals surface area contributed by atoms with Crippen molar-refractivity contribution in [3.05, 3.63) is 83.8 Å². The summed E-state index contributed by atoms with van der Waals surface area (Å²) < 4.78 is 10.7. The summed E-state index contributed by atoms with van der Waals surface area (Å²) in [5, 5.41) is 17.0. The van der Waals surface area contributed by atoms with Gasteiger partial charge in [0, 0.05) is 5.56 Å². The number of benzene rings is 2. The number of hydrogen-bond donors (Lipinski definition) is 1. The van der Waals surface area contributed by atoms with Crippen LogP contribution in [0.25, 0.3) is 28.3 Å². The lowest BCUT2D eigenvalue weighted by Crippen LogP contribution is -2.23. The third kappa shape index (κ3) is 3.55. The van der Waals surface area contributed by atoms with Crippen LogP contribution in [0.2, 0.25) is 0 Å². The first-order chi connectivity index (χ1) is 13.7. The van der Waals surface area contributed by atoms with E-state index in [1.54, 1.807) is 30.3 Å². The molecule has 0 aliphatic heterocycles. The van der Waals surface area contributed by atoms with Gasteiger partial charge in [0.05, 0.1) is 18.2 Å². The number of nitrogens with zero attached hydrogens (tertiary/aromatic N) is 2. The summed E-state index contributed by atoms with van der Waals surface area (Å²) >= 11 is 0. The first-order valence-electron chi connectivity index (χ1n) is 8.62. The molecule has 1 N–H and O–H groups in total. The van der Waals surface area contributed by atoms with E-state index in [0.717, 1.165) is 10.9 Å². The lowest BCUT2D eigenvalue weighted by molar-refractivity contribution is -0.117. The third-order valence-electron chi connectivity index (χ3n) is 4.22. The zero-order chi connectivity index (χ0) is 19.3. The molecule has 2 heterocycles. The smallest absolute Gasteiger partial charge is 0.262 e. The zero-order valence-corrected chi connectivity index (χ0v) is 14.8. The summed E-state index contributed by atoms with van der Waals surface area (Å²) in [6.07, 6.45) is 3.07. The zero-order valence-electron chi connectivity index (χ0n) is 14.8. The lowest BCUT2D eigenvalue weighted by Gasteiger charge is -2.02. The minimum atomic E-state index is -0.465. The van der Waals surface area contributed by atoms with E-state index in [1.165, 1.54) is 6.26 Å². The van der Waals surface area contributed by atoms with Gasteiger partial charge in [-0.25, -0.2) is 0 Å². The fraction of sp³-hybridized carbons (Fsp3) is 0.0455. The first kappa shape index (κ1) is 17.3. The van der Waals surface area contributed by atoms with Gasteiger partial charge in [0.1, 0.15) is 22.9 Å². The number of furan rings is 1. The van der Waals surface area contributed by atoms with Crippen LogP contribution in [0.1, 0.15) is 11.3 Å². The van der Waals surface area contributed by atoms with Crippen LogP contribution in [0.3, 0.4) is 0 Å². The van der Waals surface area contributed by atoms with E-state index < -0.39 is 5.91 Å². The molecule has 28 heavy (non-hydrogen) atoms. The van der Waals surface area contributed by atoms with E-state index in [9.17, 15) is 10.1 Å². The normalized spacial score (nSPS) is 11.3. The number of rotatable bonds is 5. The fourth-order valence-corrected chi connectivity index (χ4v) is 2.84. The van der Waals surface area contributed by atoms with Crippen LogP contribution in [0.15, 0.2) is 81.4 Å². The Hall–Kier alpha value is -4.11. The second-order valence-electron chi connectivity index (χ2n) is 6.09. The molecule has 6 heteroatoms. The second-order valence-corrected chi connectivity index (χ2v) is 6.09. The van der Waals surface area contributed by atoms with Crippen LogP contribution in [-0.4, -0.2) is 11.1 Å². The van der Waals surface area contributed by atoms with Crippen molar-refractivity contribution in [2.45, 2.75) is 6.54 Å². The third-order valence-corrected chi connectivity index (χ3v) is 4.22.